The van der Waals surface area contributed by atoms with Crippen molar-refractivity contribution >= 4 is 38.8 Å². The van der Waals surface area contributed by atoms with Gasteiger partial charge in [0, 0.05) is 25.1 Å². The lowest BCUT2D eigenvalue weighted by atomic mass is 9.80. The van der Waals surface area contributed by atoms with Crippen LogP contribution in [0.5, 0.6) is 0 Å². The van der Waals surface area contributed by atoms with Crippen LogP contribution in [-0.4, -0.2) is 36.7 Å². The van der Waals surface area contributed by atoms with Crippen LogP contribution in [0.4, 0.5) is 0 Å². The summed E-state index contributed by atoms with van der Waals surface area (Å²) in [5, 5.41) is 13.0. The molecule has 0 radical (unpaired) electrons. The first kappa shape index (κ1) is 17.0. The summed E-state index contributed by atoms with van der Waals surface area (Å²) in [6.07, 6.45) is 0.765. The number of carbonyl (C=O) groups is 2. The van der Waals surface area contributed by atoms with Crippen molar-refractivity contribution in [2.24, 2.45) is 5.41 Å². The molecule has 1 amide bonds. The number of rotatable bonds is 4. The fourth-order valence-electron chi connectivity index (χ4n) is 2.93. The summed E-state index contributed by atoms with van der Waals surface area (Å²) in [6, 6.07) is 5.51. The van der Waals surface area contributed by atoms with Crippen molar-refractivity contribution in [1.29, 1.82) is 0 Å². The number of furan rings is 1. The Labute approximate surface area is 147 Å². The minimum absolute atomic E-state index is 0.0573. The molecule has 7 heteroatoms. The maximum atomic E-state index is 12.4. The number of carbonyl (C=O) groups excluding carboxylic acids is 1. The topological polar surface area (TPSA) is 88.8 Å². The molecule has 2 heterocycles. The summed E-state index contributed by atoms with van der Waals surface area (Å²) in [5.41, 5.74) is 0.677. The largest absolute Gasteiger partial charge is 0.481 e. The van der Waals surface area contributed by atoms with Gasteiger partial charge in [0.05, 0.1) is 9.89 Å². The molecule has 1 aliphatic heterocycles. The molecule has 6 nitrogen and oxygen atoms in total. The van der Waals surface area contributed by atoms with Gasteiger partial charge in [-0.2, -0.15) is 0 Å². The number of amides is 1. The third-order valence-corrected chi connectivity index (χ3v) is 5.02. The fraction of sp³-hybridized carbons (Fsp3) is 0.412. The number of ether oxygens (including phenoxy) is 1. The molecule has 1 fully saturated rings. The molecule has 1 aliphatic rings. The number of carboxylic acid groups (broad SMARTS) is 1. The normalized spacial score (nSPS) is 16.9. The van der Waals surface area contributed by atoms with Crippen LogP contribution in [0.25, 0.3) is 11.0 Å². The van der Waals surface area contributed by atoms with Crippen LogP contribution < -0.4 is 5.32 Å². The fourth-order valence-corrected chi connectivity index (χ4v) is 3.60. The zero-order chi connectivity index (χ0) is 17.3. The highest BCUT2D eigenvalue weighted by Crippen LogP contribution is 2.31. The monoisotopic (exact) mass is 395 g/mol. The number of aryl methyl sites for hydroxylation is 1. The molecule has 0 aliphatic carbocycles. The van der Waals surface area contributed by atoms with Crippen LogP contribution in [-0.2, 0) is 9.53 Å². The highest BCUT2D eigenvalue weighted by Gasteiger charge is 2.40. The number of nitrogens with one attached hydrogen (secondary N) is 1. The van der Waals surface area contributed by atoms with Gasteiger partial charge in [0.2, 0.25) is 0 Å². The van der Waals surface area contributed by atoms with Crippen molar-refractivity contribution in [2.45, 2.75) is 19.8 Å². The van der Waals surface area contributed by atoms with Gasteiger partial charge in [-0.15, -0.1) is 0 Å². The van der Waals surface area contributed by atoms with Crippen molar-refractivity contribution in [2.75, 3.05) is 19.8 Å². The molecule has 0 atom stereocenters. The quantitative estimate of drug-likeness (QED) is 0.829. The molecule has 24 heavy (non-hydrogen) atoms. The predicted octanol–water partition coefficient (Wildman–Crippen LogP) is 3.11. The van der Waals surface area contributed by atoms with Crippen molar-refractivity contribution in [3.63, 3.8) is 0 Å². The molecule has 3 rings (SSSR count). The Bertz CT molecular complexity index is 792. The van der Waals surface area contributed by atoms with Gasteiger partial charge in [-0.05, 0) is 59.5 Å². The average molecular weight is 396 g/mol. The molecule has 0 bridgehead atoms. The molecule has 2 aromatic rings. The summed E-state index contributed by atoms with van der Waals surface area (Å²) >= 11 is 3.42. The van der Waals surface area contributed by atoms with E-state index in [0.29, 0.717) is 31.6 Å². The number of hydrogen-bond donors (Lipinski definition) is 2. The van der Waals surface area contributed by atoms with Gasteiger partial charge in [-0.25, -0.2) is 0 Å². The first-order valence-electron chi connectivity index (χ1n) is 7.70. The number of carboxylic acids is 1. The first-order valence-corrected chi connectivity index (χ1v) is 8.50. The lowest BCUT2D eigenvalue weighted by molar-refractivity contribution is -0.154. The predicted molar refractivity (Wildman–Crippen MR) is 91.1 cm³/mol. The van der Waals surface area contributed by atoms with Gasteiger partial charge in [-0.3, -0.25) is 9.59 Å². The van der Waals surface area contributed by atoms with Crippen molar-refractivity contribution in [3.8, 4) is 0 Å². The Morgan fingerprint density at radius 3 is 2.67 bits per heavy atom. The zero-order valence-corrected chi connectivity index (χ0v) is 14.8. The second-order valence-electron chi connectivity index (χ2n) is 6.16. The number of halogens is 1. The van der Waals surface area contributed by atoms with E-state index in [1.165, 1.54) is 0 Å². The van der Waals surface area contributed by atoms with Crippen molar-refractivity contribution in [1.82, 2.24) is 5.32 Å². The summed E-state index contributed by atoms with van der Waals surface area (Å²) in [5.74, 6) is -1.15. The van der Waals surface area contributed by atoms with E-state index in [-0.39, 0.29) is 12.3 Å². The van der Waals surface area contributed by atoms with Gasteiger partial charge >= 0.3 is 5.97 Å². The molecular weight excluding hydrogens is 378 g/mol. The SMILES string of the molecule is Cc1cc(Br)c2oc(C(=O)NCC3(C(=O)O)CCOCC3)cc2c1. The van der Waals surface area contributed by atoms with E-state index < -0.39 is 17.3 Å². The Hall–Kier alpha value is -1.86. The van der Waals surface area contributed by atoms with Gasteiger partial charge in [-0.1, -0.05) is 0 Å². The molecule has 0 unspecified atom stereocenters. The van der Waals surface area contributed by atoms with E-state index >= 15 is 0 Å². The first-order chi connectivity index (χ1) is 11.4. The minimum Gasteiger partial charge on any atom is -0.481 e. The summed E-state index contributed by atoms with van der Waals surface area (Å²) in [4.78, 5) is 24.0. The Kier molecular flexibility index (Phi) is 4.64. The highest BCUT2D eigenvalue weighted by atomic mass is 79.9. The third-order valence-electron chi connectivity index (χ3n) is 4.43. The maximum absolute atomic E-state index is 12.4. The molecule has 0 saturated carbocycles. The van der Waals surface area contributed by atoms with Crippen LogP contribution in [0.3, 0.4) is 0 Å². The van der Waals surface area contributed by atoms with Gasteiger partial charge in [0.15, 0.2) is 5.76 Å². The minimum atomic E-state index is -0.975. The van der Waals surface area contributed by atoms with E-state index in [0.717, 1.165) is 15.4 Å². The molecule has 2 N–H and O–H groups in total. The summed E-state index contributed by atoms with van der Waals surface area (Å²) in [6.45, 7) is 2.79. The molecule has 1 aromatic carbocycles. The van der Waals surface area contributed by atoms with Gasteiger partial charge in [0.1, 0.15) is 5.58 Å². The number of benzene rings is 1. The van der Waals surface area contributed by atoms with Crippen LogP contribution in [0.1, 0.15) is 29.0 Å². The number of aliphatic carboxylic acids is 1. The zero-order valence-electron chi connectivity index (χ0n) is 13.2. The van der Waals surface area contributed by atoms with E-state index in [9.17, 15) is 14.7 Å². The van der Waals surface area contributed by atoms with E-state index in [1.54, 1.807) is 6.07 Å². The van der Waals surface area contributed by atoms with Crippen LogP contribution >= 0.6 is 15.9 Å². The Morgan fingerprint density at radius 1 is 1.29 bits per heavy atom. The number of fused-ring (bicyclic) bond motifs is 1. The van der Waals surface area contributed by atoms with E-state index in [1.807, 2.05) is 19.1 Å². The van der Waals surface area contributed by atoms with Crippen molar-refractivity contribution in [3.05, 3.63) is 34.0 Å². The smallest absolute Gasteiger partial charge is 0.311 e. The summed E-state index contributed by atoms with van der Waals surface area (Å²) < 4.78 is 11.6. The van der Waals surface area contributed by atoms with Crippen LogP contribution in [0.2, 0.25) is 0 Å². The molecular formula is C17H18BrNO5. The molecule has 1 aromatic heterocycles. The van der Waals surface area contributed by atoms with Gasteiger partial charge in [0.25, 0.3) is 5.91 Å². The van der Waals surface area contributed by atoms with Crippen molar-refractivity contribution < 1.29 is 23.8 Å². The lowest BCUT2D eigenvalue weighted by Gasteiger charge is -2.32. The second-order valence-corrected chi connectivity index (χ2v) is 7.01. The van der Waals surface area contributed by atoms with Crippen LogP contribution in [0, 0.1) is 12.3 Å². The van der Waals surface area contributed by atoms with E-state index in [2.05, 4.69) is 21.2 Å². The maximum Gasteiger partial charge on any atom is 0.311 e. The summed E-state index contributed by atoms with van der Waals surface area (Å²) in [7, 11) is 0. The average Bonchev–Trinajstić information content (AvgIpc) is 2.97. The Balaban J connectivity index is 1.77. The number of hydrogen-bond acceptors (Lipinski definition) is 4. The van der Waals surface area contributed by atoms with Crippen LogP contribution in [0.15, 0.2) is 27.1 Å². The molecule has 128 valence electrons. The second kappa shape index (κ2) is 6.57. The molecule has 0 spiro atoms. The Morgan fingerprint density at radius 2 is 2.00 bits per heavy atom. The van der Waals surface area contributed by atoms with E-state index in [4.69, 9.17) is 9.15 Å². The van der Waals surface area contributed by atoms with Gasteiger partial charge < -0.3 is 19.6 Å². The standard InChI is InChI=1S/C17H18BrNO5/c1-10-6-11-8-13(24-14(11)12(18)7-10)15(20)19-9-17(16(21)22)2-4-23-5-3-17/h6-8H,2-5,9H2,1H3,(H,19,20)(H,21,22). The third kappa shape index (κ3) is 3.18. The molecule has 1 saturated heterocycles. The highest BCUT2D eigenvalue weighted by molar-refractivity contribution is 9.10. The lowest BCUT2D eigenvalue weighted by Crippen LogP contribution is -2.46.